The first-order valence-corrected chi connectivity index (χ1v) is 10.6. The van der Waals surface area contributed by atoms with E-state index in [1.54, 1.807) is 17.4 Å². The predicted molar refractivity (Wildman–Crippen MR) is 118 cm³/mol. The lowest BCUT2D eigenvalue weighted by Crippen LogP contribution is -2.08. The Hall–Kier alpha value is -3.25. The molecule has 0 atom stereocenters. The molecule has 3 heterocycles. The number of hydrogen-bond acceptors (Lipinski definition) is 4. The van der Waals surface area contributed by atoms with Crippen molar-refractivity contribution in [1.29, 1.82) is 0 Å². The van der Waals surface area contributed by atoms with Crippen LogP contribution in [-0.2, 0) is 17.8 Å². The second-order valence-corrected chi connectivity index (χ2v) is 8.17. The van der Waals surface area contributed by atoms with E-state index in [0.29, 0.717) is 0 Å². The maximum atomic E-state index is 12.3. The van der Waals surface area contributed by atoms with E-state index in [1.165, 1.54) is 24.7 Å². The lowest BCUT2D eigenvalue weighted by atomic mass is 10.1. The van der Waals surface area contributed by atoms with Gasteiger partial charge in [0.05, 0.1) is 15.9 Å². The zero-order valence-corrected chi connectivity index (χ0v) is 16.7. The van der Waals surface area contributed by atoms with E-state index >= 15 is 0 Å². The molecule has 144 valence electrons. The first kappa shape index (κ1) is 17.8. The number of carbonyl (C=O) groups excluding carboxylic acids is 1. The van der Waals surface area contributed by atoms with Gasteiger partial charge in [-0.05, 0) is 43.2 Å². The number of carbonyl (C=O) groups is 1. The summed E-state index contributed by atoms with van der Waals surface area (Å²) in [6.45, 7) is 1.05. The van der Waals surface area contributed by atoms with Crippen molar-refractivity contribution < 1.29 is 4.79 Å². The zero-order chi connectivity index (χ0) is 19.6. The SMILES string of the molecule is O=C(/C=C/c1nc2ccccc2s1)Nc1ccc(-c2cn3c(n2)CCCC3)cc1. The third-order valence-corrected chi connectivity index (χ3v) is 6.05. The second-order valence-electron chi connectivity index (χ2n) is 7.11. The van der Waals surface area contributed by atoms with Gasteiger partial charge in [-0.2, -0.15) is 0 Å². The number of aromatic nitrogens is 3. The van der Waals surface area contributed by atoms with Crippen molar-refractivity contribution in [3.8, 4) is 11.3 Å². The van der Waals surface area contributed by atoms with Gasteiger partial charge in [0.1, 0.15) is 10.8 Å². The van der Waals surface area contributed by atoms with Gasteiger partial charge in [-0.1, -0.05) is 24.3 Å². The number of amides is 1. The van der Waals surface area contributed by atoms with Crippen LogP contribution in [0.5, 0.6) is 0 Å². The zero-order valence-electron chi connectivity index (χ0n) is 15.8. The molecule has 0 fully saturated rings. The fourth-order valence-corrected chi connectivity index (χ4v) is 4.44. The minimum atomic E-state index is -0.172. The van der Waals surface area contributed by atoms with Crippen LogP contribution in [0.15, 0.2) is 60.8 Å². The molecule has 1 N–H and O–H groups in total. The second kappa shape index (κ2) is 7.64. The third-order valence-electron chi connectivity index (χ3n) is 5.04. The van der Waals surface area contributed by atoms with Crippen LogP contribution in [-0.4, -0.2) is 20.4 Å². The molecule has 0 saturated carbocycles. The average molecular weight is 401 g/mol. The van der Waals surface area contributed by atoms with Gasteiger partial charge in [-0.15, -0.1) is 11.3 Å². The van der Waals surface area contributed by atoms with Crippen LogP contribution in [0.2, 0.25) is 0 Å². The number of nitrogens with one attached hydrogen (secondary N) is 1. The molecule has 0 aliphatic carbocycles. The van der Waals surface area contributed by atoms with Crippen molar-refractivity contribution in [3.05, 3.63) is 71.6 Å². The standard InChI is InChI=1S/C23H20N4OS/c28-22(12-13-23-26-18-5-1-2-6-20(18)29-23)24-17-10-8-16(9-11-17)19-15-27-14-4-3-7-21(27)25-19/h1-2,5-6,8-13,15H,3-4,7,14H2,(H,24,28)/b13-12+. The lowest BCUT2D eigenvalue weighted by Gasteiger charge is -2.11. The minimum absolute atomic E-state index is 0.172. The summed E-state index contributed by atoms with van der Waals surface area (Å²) in [6, 6.07) is 15.8. The summed E-state index contributed by atoms with van der Waals surface area (Å²) < 4.78 is 3.37. The summed E-state index contributed by atoms with van der Waals surface area (Å²) in [5.41, 5.74) is 3.77. The van der Waals surface area contributed by atoms with Crippen molar-refractivity contribution in [2.45, 2.75) is 25.8 Å². The summed E-state index contributed by atoms with van der Waals surface area (Å²) in [5, 5.41) is 3.72. The fraction of sp³-hybridized carbons (Fsp3) is 0.174. The summed E-state index contributed by atoms with van der Waals surface area (Å²) >= 11 is 1.57. The maximum Gasteiger partial charge on any atom is 0.248 e. The van der Waals surface area contributed by atoms with E-state index in [-0.39, 0.29) is 5.91 Å². The first-order valence-electron chi connectivity index (χ1n) is 9.76. The monoisotopic (exact) mass is 400 g/mol. The number of anilines is 1. The number of fused-ring (bicyclic) bond motifs is 2. The van der Waals surface area contributed by atoms with E-state index in [9.17, 15) is 4.79 Å². The van der Waals surface area contributed by atoms with Crippen LogP contribution < -0.4 is 5.32 Å². The molecule has 0 saturated heterocycles. The number of para-hydroxylation sites is 1. The topological polar surface area (TPSA) is 59.8 Å². The van der Waals surface area contributed by atoms with Crippen LogP contribution >= 0.6 is 11.3 Å². The van der Waals surface area contributed by atoms with Crippen molar-refractivity contribution in [3.63, 3.8) is 0 Å². The van der Waals surface area contributed by atoms with E-state index in [2.05, 4.69) is 21.1 Å². The predicted octanol–water partition coefficient (Wildman–Crippen LogP) is 5.15. The summed E-state index contributed by atoms with van der Waals surface area (Å²) in [7, 11) is 0. The Kier molecular flexibility index (Phi) is 4.69. The molecule has 1 aliphatic heterocycles. The van der Waals surface area contributed by atoms with Gasteiger partial charge in [0.25, 0.3) is 0 Å². The Bertz CT molecular complexity index is 1150. The number of hydrogen-bond donors (Lipinski definition) is 1. The highest BCUT2D eigenvalue weighted by atomic mass is 32.1. The molecule has 5 nitrogen and oxygen atoms in total. The lowest BCUT2D eigenvalue weighted by molar-refractivity contribution is -0.111. The highest BCUT2D eigenvalue weighted by Gasteiger charge is 2.13. The molecule has 0 radical (unpaired) electrons. The Balaban J connectivity index is 1.25. The molecule has 29 heavy (non-hydrogen) atoms. The number of thiazole rings is 1. The molecule has 0 spiro atoms. The molecule has 0 bridgehead atoms. The molecule has 4 aromatic rings. The van der Waals surface area contributed by atoms with Crippen molar-refractivity contribution in [1.82, 2.24) is 14.5 Å². The summed E-state index contributed by atoms with van der Waals surface area (Å²) in [4.78, 5) is 21.5. The van der Waals surface area contributed by atoms with Crippen molar-refractivity contribution in [2.75, 3.05) is 5.32 Å². The molecule has 0 unspecified atom stereocenters. The summed E-state index contributed by atoms with van der Waals surface area (Å²) in [5.74, 6) is 0.998. The summed E-state index contributed by atoms with van der Waals surface area (Å²) in [6.07, 6.45) is 8.89. The van der Waals surface area contributed by atoms with E-state index < -0.39 is 0 Å². The number of imidazole rings is 1. The molecule has 5 rings (SSSR count). The Morgan fingerprint density at radius 1 is 1.07 bits per heavy atom. The van der Waals surface area contributed by atoms with Crippen LogP contribution in [0.25, 0.3) is 27.6 Å². The van der Waals surface area contributed by atoms with E-state index in [0.717, 1.165) is 45.1 Å². The van der Waals surface area contributed by atoms with Gasteiger partial charge in [0.2, 0.25) is 5.91 Å². The molecule has 6 heteroatoms. The Labute approximate surface area is 172 Å². The third kappa shape index (κ3) is 3.84. The van der Waals surface area contributed by atoms with Gasteiger partial charge in [-0.25, -0.2) is 9.97 Å². The Morgan fingerprint density at radius 2 is 1.93 bits per heavy atom. The van der Waals surface area contributed by atoms with Gasteiger partial charge in [0, 0.05) is 36.5 Å². The number of rotatable bonds is 4. The highest BCUT2D eigenvalue weighted by molar-refractivity contribution is 7.19. The molecular formula is C23H20N4OS. The molecule has 2 aromatic carbocycles. The normalized spacial score (nSPS) is 13.7. The van der Waals surface area contributed by atoms with Gasteiger partial charge in [-0.3, -0.25) is 4.79 Å². The highest BCUT2D eigenvalue weighted by Crippen LogP contribution is 2.24. The fourth-order valence-electron chi connectivity index (χ4n) is 3.57. The molecular weight excluding hydrogens is 380 g/mol. The van der Waals surface area contributed by atoms with Gasteiger partial charge in [0.15, 0.2) is 0 Å². The van der Waals surface area contributed by atoms with Gasteiger partial charge < -0.3 is 9.88 Å². The number of aryl methyl sites for hydroxylation is 2. The maximum absolute atomic E-state index is 12.3. The van der Waals surface area contributed by atoms with Crippen LogP contribution in [0.4, 0.5) is 5.69 Å². The quantitative estimate of drug-likeness (QED) is 0.482. The minimum Gasteiger partial charge on any atom is -0.334 e. The largest absolute Gasteiger partial charge is 0.334 e. The van der Waals surface area contributed by atoms with E-state index in [1.807, 2.05) is 48.5 Å². The van der Waals surface area contributed by atoms with Crippen LogP contribution in [0, 0.1) is 0 Å². The number of nitrogens with zero attached hydrogens (tertiary/aromatic N) is 3. The van der Waals surface area contributed by atoms with Gasteiger partial charge >= 0.3 is 0 Å². The Morgan fingerprint density at radius 3 is 2.76 bits per heavy atom. The smallest absolute Gasteiger partial charge is 0.248 e. The first-order chi connectivity index (χ1) is 14.2. The van der Waals surface area contributed by atoms with Crippen molar-refractivity contribution >= 4 is 39.2 Å². The molecule has 2 aromatic heterocycles. The van der Waals surface area contributed by atoms with Crippen molar-refractivity contribution in [2.24, 2.45) is 0 Å². The average Bonchev–Trinajstić information content (AvgIpc) is 3.36. The van der Waals surface area contributed by atoms with Crippen LogP contribution in [0.1, 0.15) is 23.7 Å². The van der Waals surface area contributed by atoms with Crippen LogP contribution in [0.3, 0.4) is 0 Å². The van der Waals surface area contributed by atoms with E-state index in [4.69, 9.17) is 4.98 Å². The molecule has 1 amide bonds. The number of benzene rings is 2. The molecule has 1 aliphatic rings.